The van der Waals surface area contributed by atoms with Crippen molar-refractivity contribution in [3.8, 4) is 0 Å². The van der Waals surface area contributed by atoms with Gasteiger partial charge in [-0.3, -0.25) is 5.43 Å². The predicted octanol–water partition coefficient (Wildman–Crippen LogP) is 5.61. The number of nitrogens with one attached hydrogen (secondary N) is 1. The van der Waals surface area contributed by atoms with Crippen LogP contribution >= 0.6 is 23.4 Å². The van der Waals surface area contributed by atoms with Crippen molar-refractivity contribution in [1.82, 2.24) is 4.98 Å². The summed E-state index contributed by atoms with van der Waals surface area (Å²) in [5, 5.41) is 8.47. The first-order chi connectivity index (χ1) is 11.3. The van der Waals surface area contributed by atoms with E-state index in [1.54, 1.807) is 11.8 Å². The molecular formula is C18H16ClN3S. The lowest BCUT2D eigenvalue weighted by Gasteiger charge is -2.17. The third-order valence-electron chi connectivity index (χ3n) is 4.06. The lowest BCUT2D eigenvalue weighted by Crippen LogP contribution is -2.06. The van der Waals surface area contributed by atoms with Gasteiger partial charge in [0, 0.05) is 21.7 Å². The number of hydrazone groups is 1. The number of hydrogen-bond donors (Lipinski definition) is 1. The van der Waals surface area contributed by atoms with Crippen molar-refractivity contribution in [2.75, 3.05) is 5.43 Å². The Morgan fingerprint density at radius 3 is 3.09 bits per heavy atom. The van der Waals surface area contributed by atoms with E-state index in [-0.39, 0.29) is 0 Å². The van der Waals surface area contributed by atoms with Crippen LogP contribution in [0.4, 0.5) is 5.69 Å². The molecule has 1 aromatic heterocycles. The number of rotatable bonds is 2. The number of benzene rings is 1. The highest BCUT2D eigenvalue weighted by atomic mass is 35.5. The number of pyridine rings is 1. The molecule has 2 aliphatic rings. The van der Waals surface area contributed by atoms with Crippen molar-refractivity contribution in [1.29, 1.82) is 0 Å². The Labute approximate surface area is 144 Å². The molecule has 5 heteroatoms. The molecule has 0 saturated heterocycles. The Balaban J connectivity index is 1.84. The Kier molecular flexibility index (Phi) is 4.10. The topological polar surface area (TPSA) is 37.3 Å². The van der Waals surface area contributed by atoms with Crippen LogP contribution in [-0.4, -0.2) is 10.7 Å². The molecule has 1 aliphatic carbocycles. The van der Waals surface area contributed by atoms with Crippen LogP contribution in [0.1, 0.15) is 30.5 Å². The van der Waals surface area contributed by atoms with Gasteiger partial charge in [-0.25, -0.2) is 4.98 Å². The SMILES string of the molecule is Clc1ccc2c(NN=C3C=CCCC3)c3c(nc2c1)C=CSC3. The van der Waals surface area contributed by atoms with Gasteiger partial charge in [0.25, 0.3) is 0 Å². The number of aromatic nitrogens is 1. The monoisotopic (exact) mass is 341 g/mol. The summed E-state index contributed by atoms with van der Waals surface area (Å²) in [6.45, 7) is 0. The second kappa shape index (κ2) is 6.38. The van der Waals surface area contributed by atoms with Crippen LogP contribution in [0.3, 0.4) is 0 Å². The summed E-state index contributed by atoms with van der Waals surface area (Å²) in [4.78, 5) is 4.74. The molecule has 3 nitrogen and oxygen atoms in total. The van der Waals surface area contributed by atoms with Crippen molar-refractivity contribution in [3.05, 3.63) is 52.0 Å². The third kappa shape index (κ3) is 3.01. The highest BCUT2D eigenvalue weighted by Gasteiger charge is 2.16. The highest BCUT2D eigenvalue weighted by Crippen LogP contribution is 2.36. The fraction of sp³-hybridized carbons (Fsp3) is 0.222. The van der Waals surface area contributed by atoms with Gasteiger partial charge >= 0.3 is 0 Å². The molecule has 2 aromatic rings. The van der Waals surface area contributed by atoms with Gasteiger partial charge in [0.05, 0.1) is 22.6 Å². The van der Waals surface area contributed by atoms with Gasteiger partial charge < -0.3 is 0 Å². The largest absolute Gasteiger partial charge is 0.277 e. The molecule has 0 amide bonds. The van der Waals surface area contributed by atoms with Crippen LogP contribution in [-0.2, 0) is 5.75 Å². The third-order valence-corrected chi connectivity index (χ3v) is 5.08. The molecule has 0 unspecified atom stereocenters. The van der Waals surface area contributed by atoms with E-state index >= 15 is 0 Å². The molecule has 0 atom stereocenters. The molecule has 1 aliphatic heterocycles. The first-order valence-electron chi connectivity index (χ1n) is 7.71. The molecule has 4 rings (SSSR count). The van der Waals surface area contributed by atoms with E-state index in [0.29, 0.717) is 5.02 Å². The second-order valence-electron chi connectivity index (χ2n) is 5.64. The smallest absolute Gasteiger partial charge is 0.0745 e. The minimum absolute atomic E-state index is 0.701. The Morgan fingerprint density at radius 2 is 2.22 bits per heavy atom. The minimum atomic E-state index is 0.701. The molecule has 2 heterocycles. The van der Waals surface area contributed by atoms with E-state index in [2.05, 4.69) is 34.2 Å². The van der Waals surface area contributed by atoms with Gasteiger partial charge in [-0.15, -0.1) is 11.8 Å². The van der Waals surface area contributed by atoms with Gasteiger partial charge in [0.1, 0.15) is 0 Å². The summed E-state index contributed by atoms with van der Waals surface area (Å²) >= 11 is 7.91. The zero-order chi connectivity index (χ0) is 15.6. The molecule has 116 valence electrons. The van der Waals surface area contributed by atoms with Crippen molar-refractivity contribution in [2.24, 2.45) is 5.10 Å². The van der Waals surface area contributed by atoms with Gasteiger partial charge in [0.15, 0.2) is 0 Å². The minimum Gasteiger partial charge on any atom is -0.277 e. The maximum absolute atomic E-state index is 6.13. The lowest BCUT2D eigenvalue weighted by atomic mass is 10.1. The summed E-state index contributed by atoms with van der Waals surface area (Å²) in [7, 11) is 0. The summed E-state index contributed by atoms with van der Waals surface area (Å²) in [6.07, 6.45) is 9.69. The van der Waals surface area contributed by atoms with Gasteiger partial charge in [-0.2, -0.15) is 5.10 Å². The number of hydrogen-bond acceptors (Lipinski definition) is 4. The lowest BCUT2D eigenvalue weighted by molar-refractivity contribution is 0.877. The van der Waals surface area contributed by atoms with Crippen LogP contribution in [0.25, 0.3) is 17.0 Å². The van der Waals surface area contributed by atoms with Crippen LogP contribution in [0.2, 0.25) is 5.02 Å². The summed E-state index contributed by atoms with van der Waals surface area (Å²) in [5.74, 6) is 0.903. The zero-order valence-corrected chi connectivity index (χ0v) is 14.1. The molecular weight excluding hydrogens is 326 g/mol. The molecule has 0 saturated carbocycles. The number of allylic oxidation sites excluding steroid dienone is 2. The van der Waals surface area contributed by atoms with E-state index in [4.69, 9.17) is 16.6 Å². The van der Waals surface area contributed by atoms with Crippen LogP contribution in [0.5, 0.6) is 0 Å². The van der Waals surface area contributed by atoms with E-state index in [1.807, 2.05) is 18.2 Å². The molecule has 23 heavy (non-hydrogen) atoms. The fourth-order valence-electron chi connectivity index (χ4n) is 2.88. The summed E-state index contributed by atoms with van der Waals surface area (Å²) in [5.41, 5.74) is 8.56. The average molecular weight is 342 g/mol. The average Bonchev–Trinajstić information content (AvgIpc) is 2.59. The Hall–Kier alpha value is -1.78. The molecule has 0 spiro atoms. The molecule has 1 aromatic carbocycles. The highest BCUT2D eigenvalue weighted by molar-refractivity contribution is 8.01. The van der Waals surface area contributed by atoms with Crippen molar-refractivity contribution in [2.45, 2.75) is 25.0 Å². The first kappa shape index (κ1) is 14.8. The van der Waals surface area contributed by atoms with Crippen molar-refractivity contribution in [3.63, 3.8) is 0 Å². The second-order valence-corrected chi connectivity index (χ2v) is 6.97. The van der Waals surface area contributed by atoms with Crippen LogP contribution < -0.4 is 5.43 Å². The number of thioether (sulfide) groups is 1. The first-order valence-corrected chi connectivity index (χ1v) is 9.13. The predicted molar refractivity (Wildman–Crippen MR) is 101 cm³/mol. The molecule has 0 radical (unpaired) electrons. The van der Waals surface area contributed by atoms with E-state index < -0.39 is 0 Å². The van der Waals surface area contributed by atoms with Gasteiger partial charge in [0.2, 0.25) is 0 Å². The van der Waals surface area contributed by atoms with Crippen LogP contribution in [0.15, 0.2) is 40.9 Å². The van der Waals surface area contributed by atoms with E-state index in [9.17, 15) is 0 Å². The molecule has 0 bridgehead atoms. The standard InChI is InChI=1S/C18H16ClN3S/c19-12-6-7-14-17(10-12)20-16-8-9-23-11-15(16)18(14)22-21-13-4-2-1-3-5-13/h2,4,6-10H,1,3,5,11H2,(H,20,22). The fourth-order valence-corrected chi connectivity index (χ4v) is 3.82. The van der Waals surface area contributed by atoms with Crippen molar-refractivity contribution < 1.29 is 0 Å². The number of anilines is 1. The zero-order valence-electron chi connectivity index (χ0n) is 12.6. The number of halogens is 1. The van der Waals surface area contributed by atoms with Crippen molar-refractivity contribution >= 4 is 51.7 Å². The van der Waals surface area contributed by atoms with E-state index in [1.165, 1.54) is 12.0 Å². The molecule has 0 fully saturated rings. The summed E-state index contributed by atoms with van der Waals surface area (Å²) < 4.78 is 0. The Morgan fingerprint density at radius 1 is 1.26 bits per heavy atom. The van der Waals surface area contributed by atoms with Crippen LogP contribution in [0, 0.1) is 0 Å². The molecule has 1 N–H and O–H groups in total. The Bertz CT molecular complexity index is 855. The quantitative estimate of drug-likeness (QED) is 0.721. The normalized spacial score (nSPS) is 18.4. The maximum Gasteiger partial charge on any atom is 0.0745 e. The number of fused-ring (bicyclic) bond motifs is 2. The van der Waals surface area contributed by atoms with Gasteiger partial charge in [-0.1, -0.05) is 17.7 Å². The van der Waals surface area contributed by atoms with Gasteiger partial charge in [-0.05, 0) is 55.0 Å². The summed E-state index contributed by atoms with van der Waals surface area (Å²) in [6, 6.07) is 5.83. The maximum atomic E-state index is 6.13. The number of nitrogens with zero attached hydrogens (tertiary/aromatic N) is 2. The van der Waals surface area contributed by atoms with E-state index in [0.717, 1.165) is 46.6 Å².